The molecule has 17 heavy (non-hydrogen) atoms. The molecule has 0 saturated heterocycles. The van der Waals surface area contributed by atoms with Crippen LogP contribution in [0.3, 0.4) is 0 Å². The quantitative estimate of drug-likeness (QED) is 0.486. The van der Waals surface area contributed by atoms with Crippen molar-refractivity contribution in [2.45, 2.75) is 33.1 Å². The third-order valence-electron chi connectivity index (χ3n) is 2.89. The van der Waals surface area contributed by atoms with Crippen molar-refractivity contribution in [2.75, 3.05) is 6.61 Å². The molecule has 0 unspecified atom stereocenters. The van der Waals surface area contributed by atoms with E-state index in [1.54, 1.807) is 13.8 Å². The number of carbonyl (C=O) groups is 1. The number of hydrogen-bond acceptors (Lipinski definition) is 5. The zero-order chi connectivity index (χ0) is 12.4. The van der Waals surface area contributed by atoms with Gasteiger partial charge < -0.3 is 14.4 Å². The first-order valence-corrected chi connectivity index (χ1v) is 5.69. The molecule has 1 aromatic rings. The van der Waals surface area contributed by atoms with Gasteiger partial charge >= 0.3 is 5.97 Å². The number of ether oxygens (including phenoxy) is 1. The van der Waals surface area contributed by atoms with E-state index in [1.807, 2.05) is 0 Å². The smallest absolute Gasteiger partial charge is 0.374 e. The molecule has 0 saturated carbocycles. The second kappa shape index (κ2) is 4.61. The minimum absolute atomic E-state index is 0.250. The lowest BCUT2D eigenvalue weighted by atomic mass is 9.90. The summed E-state index contributed by atoms with van der Waals surface area (Å²) in [6.45, 7) is 3.83. The van der Waals surface area contributed by atoms with Crippen molar-refractivity contribution in [3.63, 3.8) is 0 Å². The van der Waals surface area contributed by atoms with Gasteiger partial charge in [-0.05, 0) is 33.1 Å². The summed E-state index contributed by atoms with van der Waals surface area (Å²) in [5.74, 6) is 0.409. The van der Waals surface area contributed by atoms with Gasteiger partial charge in [0.1, 0.15) is 5.76 Å². The van der Waals surface area contributed by atoms with Gasteiger partial charge in [-0.1, -0.05) is 5.16 Å². The van der Waals surface area contributed by atoms with Crippen molar-refractivity contribution in [2.24, 2.45) is 5.16 Å². The Morgan fingerprint density at radius 2 is 2.29 bits per heavy atom. The predicted molar refractivity (Wildman–Crippen MR) is 60.7 cm³/mol. The van der Waals surface area contributed by atoms with Crippen molar-refractivity contribution in [3.8, 4) is 0 Å². The minimum Gasteiger partial charge on any atom is -0.460 e. The Kier molecular flexibility index (Phi) is 3.17. The maximum Gasteiger partial charge on any atom is 0.374 e. The molecule has 0 aliphatic heterocycles. The SMILES string of the molecule is CCOC(=O)c1oc(C)c2c1CCCC2=NO. The number of oxime groups is 1. The Balaban J connectivity index is 2.48. The Morgan fingerprint density at radius 1 is 1.53 bits per heavy atom. The number of aryl methyl sites for hydroxylation is 1. The topological polar surface area (TPSA) is 72.0 Å². The van der Waals surface area contributed by atoms with Crippen LogP contribution in [-0.2, 0) is 11.2 Å². The van der Waals surface area contributed by atoms with Crippen LogP contribution in [0.2, 0.25) is 0 Å². The molecule has 92 valence electrons. The van der Waals surface area contributed by atoms with E-state index < -0.39 is 5.97 Å². The van der Waals surface area contributed by atoms with Crippen molar-refractivity contribution in [3.05, 3.63) is 22.6 Å². The molecule has 2 rings (SSSR count). The van der Waals surface area contributed by atoms with E-state index in [2.05, 4.69) is 5.16 Å². The van der Waals surface area contributed by atoms with Gasteiger partial charge in [0.2, 0.25) is 5.76 Å². The van der Waals surface area contributed by atoms with Gasteiger partial charge in [-0.15, -0.1) is 0 Å². The lowest BCUT2D eigenvalue weighted by molar-refractivity contribution is 0.0487. The maximum absolute atomic E-state index is 11.7. The Labute approximate surface area is 99.1 Å². The number of furan rings is 1. The van der Waals surface area contributed by atoms with Crippen LogP contribution in [0, 0.1) is 6.92 Å². The molecule has 0 aromatic carbocycles. The molecular formula is C12H15NO4. The molecular weight excluding hydrogens is 222 g/mol. The third-order valence-corrected chi connectivity index (χ3v) is 2.89. The molecule has 0 fully saturated rings. The standard InChI is InChI=1S/C12H15NO4/c1-3-16-12(14)11-8-5-4-6-9(13-15)10(8)7(2)17-11/h15H,3-6H2,1-2H3. The Hall–Kier alpha value is -1.78. The highest BCUT2D eigenvalue weighted by atomic mass is 16.5. The highest BCUT2D eigenvalue weighted by molar-refractivity contribution is 6.05. The predicted octanol–water partition coefficient (Wildman–Crippen LogP) is 2.28. The van der Waals surface area contributed by atoms with Crippen LogP contribution in [0.5, 0.6) is 0 Å². The molecule has 1 N–H and O–H groups in total. The lowest BCUT2D eigenvalue weighted by Crippen LogP contribution is -2.14. The average molecular weight is 237 g/mol. The van der Waals surface area contributed by atoms with Gasteiger partial charge in [-0.2, -0.15) is 0 Å². The first-order chi connectivity index (χ1) is 8.19. The van der Waals surface area contributed by atoms with Crippen LogP contribution in [0.4, 0.5) is 0 Å². The number of fused-ring (bicyclic) bond motifs is 1. The molecule has 0 atom stereocenters. The second-order valence-electron chi connectivity index (χ2n) is 3.96. The van der Waals surface area contributed by atoms with E-state index in [9.17, 15) is 4.79 Å². The van der Waals surface area contributed by atoms with Gasteiger partial charge in [0, 0.05) is 11.1 Å². The normalized spacial score (nSPS) is 16.9. The second-order valence-corrected chi connectivity index (χ2v) is 3.96. The largest absolute Gasteiger partial charge is 0.460 e. The molecule has 5 heteroatoms. The van der Waals surface area contributed by atoms with E-state index in [0.29, 0.717) is 24.5 Å². The van der Waals surface area contributed by atoms with E-state index in [0.717, 1.165) is 24.0 Å². The van der Waals surface area contributed by atoms with Gasteiger partial charge in [0.15, 0.2) is 0 Å². The summed E-state index contributed by atoms with van der Waals surface area (Å²) in [5, 5.41) is 12.2. The van der Waals surface area contributed by atoms with Crippen molar-refractivity contribution < 1.29 is 19.2 Å². The molecule has 1 aromatic heterocycles. The molecule has 1 aliphatic rings. The summed E-state index contributed by atoms with van der Waals surface area (Å²) in [7, 11) is 0. The highest BCUT2D eigenvalue weighted by Crippen LogP contribution is 2.30. The fraction of sp³-hybridized carbons (Fsp3) is 0.500. The van der Waals surface area contributed by atoms with E-state index >= 15 is 0 Å². The number of nitrogens with zero attached hydrogens (tertiary/aromatic N) is 1. The summed E-state index contributed by atoms with van der Waals surface area (Å²) < 4.78 is 10.4. The molecule has 0 radical (unpaired) electrons. The molecule has 1 aliphatic carbocycles. The Bertz CT molecular complexity index is 473. The van der Waals surface area contributed by atoms with Gasteiger partial charge in [0.05, 0.1) is 12.3 Å². The Morgan fingerprint density at radius 3 is 2.94 bits per heavy atom. The molecule has 0 bridgehead atoms. The summed E-state index contributed by atoms with van der Waals surface area (Å²) in [6.07, 6.45) is 2.30. The summed E-state index contributed by atoms with van der Waals surface area (Å²) >= 11 is 0. The van der Waals surface area contributed by atoms with Crippen molar-refractivity contribution in [1.82, 2.24) is 0 Å². The van der Waals surface area contributed by atoms with Crippen LogP contribution in [0.25, 0.3) is 0 Å². The summed E-state index contributed by atoms with van der Waals surface area (Å²) in [6, 6.07) is 0. The first kappa shape index (κ1) is 11.7. The van der Waals surface area contributed by atoms with Crippen LogP contribution < -0.4 is 0 Å². The zero-order valence-corrected chi connectivity index (χ0v) is 9.95. The number of hydrogen-bond donors (Lipinski definition) is 1. The van der Waals surface area contributed by atoms with Crippen LogP contribution in [0.15, 0.2) is 9.57 Å². The van der Waals surface area contributed by atoms with Gasteiger partial charge in [-0.3, -0.25) is 0 Å². The zero-order valence-electron chi connectivity index (χ0n) is 9.95. The van der Waals surface area contributed by atoms with E-state index in [-0.39, 0.29) is 5.76 Å². The molecule has 0 amide bonds. The average Bonchev–Trinajstić information content (AvgIpc) is 2.67. The van der Waals surface area contributed by atoms with Crippen LogP contribution >= 0.6 is 0 Å². The minimum atomic E-state index is -0.448. The lowest BCUT2D eigenvalue weighted by Gasteiger charge is -2.12. The van der Waals surface area contributed by atoms with Crippen LogP contribution in [-0.4, -0.2) is 23.5 Å². The first-order valence-electron chi connectivity index (χ1n) is 5.69. The van der Waals surface area contributed by atoms with Gasteiger partial charge in [0.25, 0.3) is 0 Å². The molecule has 0 spiro atoms. The number of carbonyl (C=O) groups excluding carboxylic acids is 1. The number of rotatable bonds is 2. The summed E-state index contributed by atoms with van der Waals surface area (Å²) in [4.78, 5) is 11.7. The molecule has 1 heterocycles. The maximum atomic E-state index is 11.7. The van der Waals surface area contributed by atoms with E-state index in [1.165, 1.54) is 0 Å². The van der Waals surface area contributed by atoms with Crippen molar-refractivity contribution in [1.29, 1.82) is 0 Å². The fourth-order valence-corrected chi connectivity index (χ4v) is 2.23. The van der Waals surface area contributed by atoms with Crippen molar-refractivity contribution >= 4 is 11.7 Å². The number of esters is 1. The fourth-order valence-electron chi connectivity index (χ4n) is 2.23. The third kappa shape index (κ3) is 1.92. The van der Waals surface area contributed by atoms with Crippen LogP contribution in [0.1, 0.15) is 47.2 Å². The monoisotopic (exact) mass is 237 g/mol. The van der Waals surface area contributed by atoms with Gasteiger partial charge in [-0.25, -0.2) is 4.79 Å². The van der Waals surface area contributed by atoms with E-state index in [4.69, 9.17) is 14.4 Å². The highest BCUT2D eigenvalue weighted by Gasteiger charge is 2.29. The summed E-state index contributed by atoms with van der Waals surface area (Å²) in [5.41, 5.74) is 2.16. The molecule has 5 nitrogen and oxygen atoms in total.